The molecule has 2 N–H and O–H groups in total. The molecule has 0 unspecified atom stereocenters. The lowest BCUT2D eigenvalue weighted by Crippen LogP contribution is -2.32. The summed E-state index contributed by atoms with van der Waals surface area (Å²) >= 11 is 5.82. The van der Waals surface area contributed by atoms with Crippen molar-refractivity contribution in [3.8, 4) is 5.75 Å². The Kier molecular flexibility index (Phi) is 6.98. The van der Waals surface area contributed by atoms with Crippen molar-refractivity contribution in [2.75, 3.05) is 11.9 Å². The minimum atomic E-state index is -0.880. The number of carbonyl (C=O) groups is 2. The van der Waals surface area contributed by atoms with Gasteiger partial charge in [0.25, 0.3) is 0 Å². The van der Waals surface area contributed by atoms with Gasteiger partial charge in [-0.25, -0.2) is 5.43 Å². The van der Waals surface area contributed by atoms with Crippen LogP contribution in [-0.2, 0) is 9.59 Å². The van der Waals surface area contributed by atoms with Crippen LogP contribution >= 0.6 is 11.6 Å². The third-order valence-electron chi connectivity index (χ3n) is 3.00. The number of rotatable bonds is 6. The Labute approximate surface area is 150 Å². The summed E-state index contributed by atoms with van der Waals surface area (Å²) in [6, 6.07) is 13.8. The molecule has 0 fully saturated rings. The highest BCUT2D eigenvalue weighted by Gasteiger charge is 2.12. The average molecular weight is 360 g/mol. The summed E-state index contributed by atoms with van der Waals surface area (Å²) in [5.41, 5.74) is 3.34. The maximum absolute atomic E-state index is 11.8. The van der Waals surface area contributed by atoms with E-state index in [1.165, 1.54) is 12.3 Å². The SMILES string of the molecule is CCCOc1cccc(/C=N\NC(=O)C(=O)Nc2cccc(Cl)c2)c1. The van der Waals surface area contributed by atoms with Crippen LogP contribution in [-0.4, -0.2) is 24.6 Å². The van der Waals surface area contributed by atoms with Crippen molar-refractivity contribution < 1.29 is 14.3 Å². The largest absolute Gasteiger partial charge is 0.494 e. The van der Waals surface area contributed by atoms with E-state index in [2.05, 4.69) is 15.8 Å². The first kappa shape index (κ1) is 18.5. The Hall–Kier alpha value is -2.86. The molecule has 25 heavy (non-hydrogen) atoms. The van der Waals surface area contributed by atoms with E-state index in [0.29, 0.717) is 17.3 Å². The average Bonchev–Trinajstić information content (AvgIpc) is 2.60. The predicted molar refractivity (Wildman–Crippen MR) is 98.0 cm³/mol. The van der Waals surface area contributed by atoms with E-state index < -0.39 is 11.8 Å². The predicted octanol–water partition coefficient (Wildman–Crippen LogP) is 3.22. The Bertz CT molecular complexity index is 778. The van der Waals surface area contributed by atoms with Crippen LogP contribution in [0.3, 0.4) is 0 Å². The molecule has 0 aliphatic carbocycles. The van der Waals surface area contributed by atoms with Crippen LogP contribution in [0.1, 0.15) is 18.9 Å². The van der Waals surface area contributed by atoms with Gasteiger partial charge >= 0.3 is 11.8 Å². The van der Waals surface area contributed by atoms with Crippen LogP contribution in [0.15, 0.2) is 53.6 Å². The topological polar surface area (TPSA) is 79.8 Å². The van der Waals surface area contributed by atoms with E-state index in [9.17, 15) is 9.59 Å². The highest BCUT2D eigenvalue weighted by molar-refractivity contribution is 6.39. The Morgan fingerprint density at radius 1 is 1.16 bits per heavy atom. The van der Waals surface area contributed by atoms with E-state index in [-0.39, 0.29) is 0 Å². The zero-order chi connectivity index (χ0) is 18.1. The summed E-state index contributed by atoms with van der Waals surface area (Å²) in [6.45, 7) is 2.65. The minimum absolute atomic E-state index is 0.428. The number of carbonyl (C=O) groups excluding carboxylic acids is 2. The fraction of sp³-hybridized carbons (Fsp3) is 0.167. The first-order valence-electron chi connectivity index (χ1n) is 7.71. The van der Waals surface area contributed by atoms with Gasteiger partial charge < -0.3 is 10.1 Å². The number of halogens is 1. The van der Waals surface area contributed by atoms with Gasteiger partial charge in [0.15, 0.2) is 0 Å². The van der Waals surface area contributed by atoms with Crippen LogP contribution in [0.4, 0.5) is 5.69 Å². The molecule has 6 nitrogen and oxygen atoms in total. The molecule has 0 aliphatic rings. The highest BCUT2D eigenvalue weighted by Crippen LogP contribution is 2.14. The van der Waals surface area contributed by atoms with Gasteiger partial charge in [-0.1, -0.05) is 36.7 Å². The lowest BCUT2D eigenvalue weighted by atomic mass is 10.2. The number of hydrogen-bond acceptors (Lipinski definition) is 4. The number of nitrogens with one attached hydrogen (secondary N) is 2. The molecule has 2 rings (SSSR count). The number of nitrogens with zero attached hydrogens (tertiary/aromatic N) is 1. The van der Waals surface area contributed by atoms with Crippen molar-refractivity contribution in [3.05, 3.63) is 59.1 Å². The van der Waals surface area contributed by atoms with Crippen LogP contribution < -0.4 is 15.5 Å². The van der Waals surface area contributed by atoms with Crippen LogP contribution in [0.25, 0.3) is 0 Å². The Morgan fingerprint density at radius 3 is 2.72 bits per heavy atom. The maximum atomic E-state index is 11.8. The second-order valence-corrected chi connectivity index (χ2v) is 5.52. The summed E-state index contributed by atoms with van der Waals surface area (Å²) < 4.78 is 5.51. The second-order valence-electron chi connectivity index (χ2n) is 5.08. The molecule has 0 saturated heterocycles. The smallest absolute Gasteiger partial charge is 0.329 e. The van der Waals surface area contributed by atoms with Crippen LogP contribution in [0.5, 0.6) is 5.75 Å². The van der Waals surface area contributed by atoms with Crippen LogP contribution in [0.2, 0.25) is 5.02 Å². The fourth-order valence-corrected chi connectivity index (χ4v) is 2.07. The number of hydrazone groups is 1. The van der Waals surface area contributed by atoms with Gasteiger partial charge in [0.1, 0.15) is 5.75 Å². The number of anilines is 1. The fourth-order valence-electron chi connectivity index (χ4n) is 1.87. The maximum Gasteiger partial charge on any atom is 0.329 e. The lowest BCUT2D eigenvalue weighted by molar-refractivity contribution is -0.136. The van der Waals surface area contributed by atoms with Crippen molar-refractivity contribution >= 4 is 35.3 Å². The first-order chi connectivity index (χ1) is 12.1. The number of amides is 2. The number of benzene rings is 2. The number of ether oxygens (including phenoxy) is 1. The molecule has 0 heterocycles. The molecule has 0 aromatic heterocycles. The van der Waals surface area contributed by atoms with Gasteiger partial charge in [-0.05, 0) is 42.3 Å². The van der Waals surface area contributed by atoms with Gasteiger partial charge in [0.05, 0.1) is 12.8 Å². The Morgan fingerprint density at radius 2 is 1.96 bits per heavy atom. The van der Waals surface area contributed by atoms with E-state index in [1.807, 2.05) is 19.1 Å². The molecule has 0 atom stereocenters. The molecule has 0 bridgehead atoms. The van der Waals surface area contributed by atoms with Crippen LogP contribution in [0, 0.1) is 0 Å². The highest BCUT2D eigenvalue weighted by atomic mass is 35.5. The zero-order valence-corrected chi connectivity index (χ0v) is 14.4. The second kappa shape index (κ2) is 9.44. The molecule has 0 radical (unpaired) electrons. The summed E-state index contributed by atoms with van der Waals surface area (Å²) in [5, 5.41) is 6.67. The van der Waals surface area contributed by atoms with Gasteiger partial charge in [-0.15, -0.1) is 0 Å². The summed E-state index contributed by atoms with van der Waals surface area (Å²) in [5.74, 6) is -0.995. The van der Waals surface area contributed by atoms with E-state index in [0.717, 1.165) is 17.7 Å². The standard InChI is InChI=1S/C18H18ClN3O3/c1-2-9-25-16-8-3-5-13(10-16)12-20-22-18(24)17(23)21-15-7-4-6-14(19)11-15/h3-8,10-12H,2,9H2,1H3,(H,21,23)(H,22,24)/b20-12-. The van der Waals surface area contributed by atoms with Crippen molar-refractivity contribution in [1.29, 1.82) is 0 Å². The molecule has 2 amide bonds. The Balaban J connectivity index is 1.88. The van der Waals surface area contributed by atoms with Crippen molar-refractivity contribution in [2.24, 2.45) is 5.10 Å². The number of hydrogen-bond donors (Lipinski definition) is 2. The van der Waals surface area contributed by atoms with Crippen molar-refractivity contribution in [3.63, 3.8) is 0 Å². The van der Waals surface area contributed by atoms with Crippen molar-refractivity contribution in [1.82, 2.24) is 5.43 Å². The summed E-state index contributed by atoms with van der Waals surface area (Å²) in [7, 11) is 0. The van der Waals surface area contributed by atoms with Gasteiger partial charge in [0, 0.05) is 10.7 Å². The third kappa shape index (κ3) is 6.27. The van der Waals surface area contributed by atoms with Crippen molar-refractivity contribution in [2.45, 2.75) is 13.3 Å². The molecule has 130 valence electrons. The van der Waals surface area contributed by atoms with Gasteiger partial charge in [0.2, 0.25) is 0 Å². The molecule has 0 saturated carbocycles. The molecular formula is C18H18ClN3O3. The third-order valence-corrected chi connectivity index (χ3v) is 3.23. The normalized spacial score (nSPS) is 10.5. The molecule has 7 heteroatoms. The molecule has 0 spiro atoms. The zero-order valence-electron chi connectivity index (χ0n) is 13.7. The monoisotopic (exact) mass is 359 g/mol. The van der Waals surface area contributed by atoms with E-state index >= 15 is 0 Å². The van der Waals surface area contributed by atoms with E-state index in [4.69, 9.17) is 16.3 Å². The summed E-state index contributed by atoms with van der Waals surface area (Å²) in [6.07, 6.45) is 2.35. The molecule has 2 aromatic carbocycles. The van der Waals surface area contributed by atoms with E-state index in [1.54, 1.807) is 30.3 Å². The molecule has 2 aromatic rings. The summed E-state index contributed by atoms with van der Waals surface area (Å²) in [4.78, 5) is 23.5. The van der Waals surface area contributed by atoms with Gasteiger partial charge in [-0.3, -0.25) is 9.59 Å². The molecular weight excluding hydrogens is 342 g/mol. The minimum Gasteiger partial charge on any atom is -0.494 e. The molecule has 0 aliphatic heterocycles. The quantitative estimate of drug-likeness (QED) is 0.472. The first-order valence-corrected chi connectivity index (χ1v) is 8.09. The van der Waals surface area contributed by atoms with Gasteiger partial charge in [-0.2, -0.15) is 5.10 Å². The lowest BCUT2D eigenvalue weighted by Gasteiger charge is -2.05.